The van der Waals surface area contributed by atoms with Crippen LogP contribution in [0.25, 0.3) is 0 Å². The summed E-state index contributed by atoms with van der Waals surface area (Å²) in [5.41, 5.74) is 0.912. The van der Waals surface area contributed by atoms with Gasteiger partial charge in [0, 0.05) is 25.2 Å². The smallest absolute Gasteiger partial charge is 0.240 e. The Morgan fingerprint density at radius 2 is 1.68 bits per heavy atom. The highest BCUT2D eigenvalue weighted by atomic mass is 32.2. The van der Waals surface area contributed by atoms with Crippen LogP contribution in [0.3, 0.4) is 0 Å². The number of ether oxygens (including phenoxy) is 2. The van der Waals surface area contributed by atoms with E-state index in [1.807, 2.05) is 18.2 Å². The van der Waals surface area contributed by atoms with E-state index in [1.165, 1.54) is 0 Å². The minimum absolute atomic E-state index is 0.237. The van der Waals surface area contributed by atoms with Crippen molar-refractivity contribution >= 4 is 10.0 Å². The molecule has 1 saturated heterocycles. The lowest BCUT2D eigenvalue weighted by atomic mass is 9.74. The van der Waals surface area contributed by atoms with Gasteiger partial charge in [-0.3, -0.25) is 0 Å². The lowest BCUT2D eigenvalue weighted by Crippen LogP contribution is -2.44. The molecule has 0 saturated carbocycles. The van der Waals surface area contributed by atoms with Crippen molar-refractivity contribution in [3.8, 4) is 5.75 Å². The molecule has 1 aliphatic heterocycles. The molecule has 0 unspecified atom stereocenters. The van der Waals surface area contributed by atoms with Crippen molar-refractivity contribution in [2.24, 2.45) is 0 Å². The zero-order valence-electron chi connectivity index (χ0n) is 14.3. The van der Waals surface area contributed by atoms with Gasteiger partial charge in [0.25, 0.3) is 0 Å². The maximum absolute atomic E-state index is 12.7. The van der Waals surface area contributed by atoms with E-state index < -0.39 is 10.0 Å². The first-order valence-corrected chi connectivity index (χ1v) is 9.81. The van der Waals surface area contributed by atoms with Gasteiger partial charge in [-0.25, -0.2) is 13.1 Å². The van der Waals surface area contributed by atoms with Gasteiger partial charge >= 0.3 is 0 Å². The summed E-state index contributed by atoms with van der Waals surface area (Å²) in [7, 11) is -2.03. The van der Waals surface area contributed by atoms with Gasteiger partial charge in [0.2, 0.25) is 10.0 Å². The van der Waals surface area contributed by atoms with E-state index >= 15 is 0 Å². The number of hydrogen-bond donors (Lipinski definition) is 1. The minimum atomic E-state index is -3.58. The first-order valence-electron chi connectivity index (χ1n) is 8.33. The lowest BCUT2D eigenvalue weighted by molar-refractivity contribution is 0.0517. The molecule has 0 radical (unpaired) electrons. The van der Waals surface area contributed by atoms with Crippen LogP contribution in [-0.4, -0.2) is 35.3 Å². The molecule has 1 aliphatic rings. The quantitative estimate of drug-likeness (QED) is 0.859. The lowest BCUT2D eigenvalue weighted by Gasteiger charge is -2.37. The second-order valence-corrected chi connectivity index (χ2v) is 8.03. The van der Waals surface area contributed by atoms with Crippen LogP contribution >= 0.6 is 0 Å². The molecule has 2 aromatic carbocycles. The molecule has 0 aliphatic carbocycles. The summed E-state index contributed by atoms with van der Waals surface area (Å²) in [6.45, 7) is 1.63. The summed E-state index contributed by atoms with van der Waals surface area (Å²) >= 11 is 0. The van der Waals surface area contributed by atoms with Crippen LogP contribution in [0.1, 0.15) is 18.4 Å². The Morgan fingerprint density at radius 3 is 2.28 bits per heavy atom. The summed E-state index contributed by atoms with van der Waals surface area (Å²) in [5.74, 6) is 0.629. The van der Waals surface area contributed by atoms with Crippen LogP contribution in [0.4, 0.5) is 0 Å². The van der Waals surface area contributed by atoms with Gasteiger partial charge in [-0.1, -0.05) is 30.3 Å². The van der Waals surface area contributed by atoms with E-state index in [1.54, 1.807) is 31.4 Å². The summed E-state index contributed by atoms with van der Waals surface area (Å²) in [4.78, 5) is 0.239. The summed E-state index contributed by atoms with van der Waals surface area (Å²) < 4.78 is 38.7. The van der Waals surface area contributed by atoms with E-state index in [4.69, 9.17) is 9.47 Å². The molecule has 0 aromatic heterocycles. The van der Waals surface area contributed by atoms with Crippen molar-refractivity contribution in [3.05, 3.63) is 60.2 Å². The second-order valence-electron chi connectivity index (χ2n) is 6.26. The van der Waals surface area contributed by atoms with Crippen LogP contribution in [0.15, 0.2) is 59.5 Å². The van der Waals surface area contributed by atoms with Gasteiger partial charge in [-0.05, 0) is 42.7 Å². The Balaban J connectivity index is 1.80. The van der Waals surface area contributed by atoms with Gasteiger partial charge in [0.15, 0.2) is 0 Å². The third-order valence-electron chi connectivity index (χ3n) is 4.81. The van der Waals surface area contributed by atoms with Crippen molar-refractivity contribution in [3.63, 3.8) is 0 Å². The third kappa shape index (κ3) is 4.03. The van der Waals surface area contributed by atoms with Gasteiger partial charge < -0.3 is 9.47 Å². The van der Waals surface area contributed by atoms with Crippen LogP contribution in [0.5, 0.6) is 5.75 Å². The first kappa shape index (κ1) is 17.9. The van der Waals surface area contributed by atoms with Crippen molar-refractivity contribution in [1.29, 1.82) is 0 Å². The Bertz CT molecular complexity index is 782. The highest BCUT2D eigenvalue weighted by Crippen LogP contribution is 2.34. The number of sulfonamides is 1. The molecule has 0 spiro atoms. The monoisotopic (exact) mass is 361 g/mol. The average Bonchev–Trinajstić information content (AvgIpc) is 2.68. The van der Waals surface area contributed by atoms with Crippen molar-refractivity contribution in [2.45, 2.75) is 23.2 Å². The van der Waals surface area contributed by atoms with Gasteiger partial charge in [-0.15, -0.1) is 0 Å². The zero-order chi connectivity index (χ0) is 17.8. The number of rotatable bonds is 6. The summed E-state index contributed by atoms with van der Waals surface area (Å²) in [6, 6.07) is 16.5. The molecule has 5 nitrogen and oxygen atoms in total. The Morgan fingerprint density at radius 1 is 1.04 bits per heavy atom. The van der Waals surface area contributed by atoms with Gasteiger partial charge in [0.05, 0.1) is 12.0 Å². The third-order valence-corrected chi connectivity index (χ3v) is 6.22. The van der Waals surface area contributed by atoms with E-state index in [-0.39, 0.29) is 10.3 Å². The average molecular weight is 361 g/mol. The summed E-state index contributed by atoms with van der Waals surface area (Å²) in [6.07, 6.45) is 1.59. The fraction of sp³-hybridized carbons (Fsp3) is 0.368. The van der Waals surface area contributed by atoms with Crippen LogP contribution in [0, 0.1) is 0 Å². The Kier molecular flexibility index (Phi) is 5.42. The predicted octanol–water partition coefficient (Wildman–Crippen LogP) is 2.72. The van der Waals surface area contributed by atoms with Crippen LogP contribution < -0.4 is 9.46 Å². The van der Waals surface area contributed by atoms with E-state index in [9.17, 15) is 8.42 Å². The molecule has 0 atom stereocenters. The van der Waals surface area contributed by atoms with E-state index in [0.29, 0.717) is 25.5 Å². The number of benzene rings is 2. The van der Waals surface area contributed by atoms with Crippen molar-refractivity contribution in [2.75, 3.05) is 26.9 Å². The van der Waals surface area contributed by atoms with Crippen LogP contribution in [-0.2, 0) is 20.2 Å². The Hall–Kier alpha value is -1.89. The van der Waals surface area contributed by atoms with Gasteiger partial charge in [-0.2, -0.15) is 0 Å². The van der Waals surface area contributed by atoms with Crippen molar-refractivity contribution in [1.82, 2.24) is 4.72 Å². The van der Waals surface area contributed by atoms with E-state index in [0.717, 1.165) is 18.4 Å². The standard InChI is InChI=1S/C19H23NO4S/c1-23-17-7-9-18(10-8-17)25(21,22)20-15-19(11-13-24-14-12-19)16-5-3-2-4-6-16/h2-10,20H,11-15H2,1H3. The molecule has 1 heterocycles. The number of nitrogens with one attached hydrogen (secondary N) is 1. The van der Waals surface area contributed by atoms with Crippen LogP contribution in [0.2, 0.25) is 0 Å². The molecule has 25 heavy (non-hydrogen) atoms. The minimum Gasteiger partial charge on any atom is -0.497 e. The number of methoxy groups -OCH3 is 1. The molecule has 0 bridgehead atoms. The number of hydrogen-bond acceptors (Lipinski definition) is 4. The second kappa shape index (κ2) is 7.56. The molecular formula is C19H23NO4S. The fourth-order valence-electron chi connectivity index (χ4n) is 3.19. The SMILES string of the molecule is COc1ccc(S(=O)(=O)NCC2(c3ccccc3)CCOCC2)cc1. The molecule has 1 N–H and O–H groups in total. The molecule has 134 valence electrons. The summed E-state index contributed by atoms with van der Waals surface area (Å²) in [5, 5.41) is 0. The largest absolute Gasteiger partial charge is 0.497 e. The molecular weight excluding hydrogens is 338 g/mol. The molecule has 6 heteroatoms. The normalized spacial score (nSPS) is 17.2. The fourth-order valence-corrected chi connectivity index (χ4v) is 4.32. The predicted molar refractivity (Wildman–Crippen MR) is 96.4 cm³/mol. The zero-order valence-corrected chi connectivity index (χ0v) is 15.1. The highest BCUT2D eigenvalue weighted by molar-refractivity contribution is 7.89. The highest BCUT2D eigenvalue weighted by Gasteiger charge is 2.35. The maximum Gasteiger partial charge on any atom is 0.240 e. The molecule has 3 rings (SSSR count). The Labute approximate surface area is 149 Å². The molecule has 1 fully saturated rings. The van der Waals surface area contributed by atoms with Crippen molar-refractivity contribution < 1.29 is 17.9 Å². The molecule has 0 amide bonds. The van der Waals surface area contributed by atoms with E-state index in [2.05, 4.69) is 16.9 Å². The maximum atomic E-state index is 12.7. The topological polar surface area (TPSA) is 64.6 Å². The first-order chi connectivity index (χ1) is 12.1. The van der Waals surface area contributed by atoms with Gasteiger partial charge in [0.1, 0.15) is 5.75 Å². The molecule has 2 aromatic rings.